The van der Waals surface area contributed by atoms with Crippen LogP contribution in [0.4, 0.5) is 4.39 Å². The van der Waals surface area contributed by atoms with Crippen molar-refractivity contribution in [1.82, 2.24) is 0 Å². The fraction of sp³-hybridized carbons (Fsp3) is 0.400. The van der Waals surface area contributed by atoms with Crippen molar-refractivity contribution in [3.63, 3.8) is 0 Å². The van der Waals surface area contributed by atoms with Gasteiger partial charge in [-0.1, -0.05) is 25.4 Å². The highest BCUT2D eigenvalue weighted by atomic mass is 35.5. The second kappa shape index (κ2) is 4.15. The largest absolute Gasteiger partial charge is 0.506 e. The Hall–Kier alpha value is -0.800. The first-order chi connectivity index (χ1) is 6.43. The zero-order valence-corrected chi connectivity index (χ0v) is 8.85. The molecule has 0 aliphatic rings. The van der Waals surface area contributed by atoms with Gasteiger partial charge in [-0.25, -0.2) is 4.39 Å². The van der Waals surface area contributed by atoms with E-state index in [2.05, 4.69) is 0 Å². The lowest BCUT2D eigenvalue weighted by molar-refractivity contribution is 0.437. The van der Waals surface area contributed by atoms with Gasteiger partial charge in [0.15, 0.2) is 0 Å². The zero-order valence-electron chi connectivity index (χ0n) is 8.09. The summed E-state index contributed by atoms with van der Waals surface area (Å²) < 4.78 is 13.0. The Labute approximate surface area is 87.5 Å². The highest BCUT2D eigenvalue weighted by molar-refractivity contribution is 6.32. The highest BCUT2D eigenvalue weighted by Gasteiger charge is 2.17. The van der Waals surface area contributed by atoms with Gasteiger partial charge < -0.3 is 10.8 Å². The molecule has 1 aromatic rings. The van der Waals surface area contributed by atoms with Gasteiger partial charge in [0.2, 0.25) is 0 Å². The molecule has 0 bridgehead atoms. The maximum Gasteiger partial charge on any atom is 0.139 e. The van der Waals surface area contributed by atoms with Crippen LogP contribution in [0.1, 0.15) is 25.5 Å². The van der Waals surface area contributed by atoms with E-state index in [9.17, 15) is 9.50 Å². The summed E-state index contributed by atoms with van der Waals surface area (Å²) >= 11 is 5.62. The molecule has 1 unspecified atom stereocenters. The summed E-state index contributed by atoms with van der Waals surface area (Å²) in [5.74, 6) is -0.507. The number of rotatable bonds is 2. The summed E-state index contributed by atoms with van der Waals surface area (Å²) in [7, 11) is 0. The molecule has 0 aliphatic carbocycles. The maximum absolute atomic E-state index is 13.0. The first-order valence-electron chi connectivity index (χ1n) is 4.37. The van der Waals surface area contributed by atoms with Gasteiger partial charge in [-0.15, -0.1) is 0 Å². The van der Waals surface area contributed by atoms with Crippen LogP contribution in [0.5, 0.6) is 5.75 Å². The zero-order chi connectivity index (χ0) is 10.9. The fourth-order valence-electron chi connectivity index (χ4n) is 1.20. The lowest BCUT2D eigenvalue weighted by atomic mass is 9.96. The Morgan fingerprint density at radius 1 is 1.43 bits per heavy atom. The number of nitrogens with two attached hydrogens (primary N) is 1. The Balaban J connectivity index is 3.20. The number of benzene rings is 1. The SMILES string of the molecule is CC(C)C(N)c1cc(F)cc(Cl)c1O. The van der Waals surface area contributed by atoms with Gasteiger partial charge >= 0.3 is 0 Å². The van der Waals surface area contributed by atoms with Crippen molar-refractivity contribution in [2.24, 2.45) is 11.7 Å². The smallest absolute Gasteiger partial charge is 0.139 e. The van der Waals surface area contributed by atoms with Crippen LogP contribution in [0.15, 0.2) is 12.1 Å². The number of phenols is 1. The Bertz CT molecular complexity index is 341. The van der Waals surface area contributed by atoms with E-state index >= 15 is 0 Å². The van der Waals surface area contributed by atoms with Crippen LogP contribution in [0.25, 0.3) is 0 Å². The molecule has 0 radical (unpaired) electrons. The van der Waals surface area contributed by atoms with E-state index in [1.807, 2.05) is 13.8 Å². The topological polar surface area (TPSA) is 46.2 Å². The van der Waals surface area contributed by atoms with E-state index in [0.717, 1.165) is 6.07 Å². The number of halogens is 2. The van der Waals surface area contributed by atoms with Gasteiger partial charge in [-0.05, 0) is 18.1 Å². The summed E-state index contributed by atoms with van der Waals surface area (Å²) in [6, 6.07) is 1.86. The normalized spacial score (nSPS) is 13.3. The quantitative estimate of drug-likeness (QED) is 0.800. The van der Waals surface area contributed by atoms with E-state index in [1.165, 1.54) is 6.07 Å². The molecule has 2 nitrogen and oxygen atoms in total. The molecule has 3 N–H and O–H groups in total. The average Bonchev–Trinajstić information content (AvgIpc) is 2.09. The monoisotopic (exact) mass is 217 g/mol. The molecule has 0 saturated heterocycles. The molecule has 4 heteroatoms. The van der Waals surface area contributed by atoms with Gasteiger partial charge in [0.1, 0.15) is 11.6 Å². The lowest BCUT2D eigenvalue weighted by Crippen LogP contribution is -2.17. The highest BCUT2D eigenvalue weighted by Crippen LogP contribution is 2.34. The summed E-state index contributed by atoms with van der Waals surface area (Å²) in [4.78, 5) is 0. The van der Waals surface area contributed by atoms with Crippen LogP contribution in [0.2, 0.25) is 5.02 Å². The Morgan fingerprint density at radius 2 is 2.00 bits per heavy atom. The van der Waals surface area contributed by atoms with Crippen LogP contribution >= 0.6 is 11.6 Å². The summed E-state index contributed by atoms with van der Waals surface area (Å²) in [5.41, 5.74) is 6.14. The summed E-state index contributed by atoms with van der Waals surface area (Å²) in [6.07, 6.45) is 0. The van der Waals surface area contributed by atoms with Crippen molar-refractivity contribution in [3.05, 3.63) is 28.5 Å². The first-order valence-corrected chi connectivity index (χ1v) is 4.74. The molecule has 0 fully saturated rings. The minimum Gasteiger partial charge on any atom is -0.506 e. The molecular weight excluding hydrogens is 205 g/mol. The van der Waals surface area contributed by atoms with Gasteiger partial charge in [0.25, 0.3) is 0 Å². The van der Waals surface area contributed by atoms with Crippen LogP contribution in [0, 0.1) is 11.7 Å². The minimum absolute atomic E-state index is 0.00361. The molecule has 14 heavy (non-hydrogen) atoms. The van der Waals surface area contributed by atoms with Crippen molar-refractivity contribution in [1.29, 1.82) is 0 Å². The van der Waals surface area contributed by atoms with Crippen molar-refractivity contribution in [3.8, 4) is 5.75 Å². The molecule has 1 rings (SSSR count). The Morgan fingerprint density at radius 3 is 2.50 bits per heavy atom. The van der Waals surface area contributed by atoms with E-state index in [4.69, 9.17) is 17.3 Å². The number of aromatic hydroxyl groups is 1. The molecule has 0 aromatic heterocycles. The van der Waals surface area contributed by atoms with Gasteiger partial charge in [-0.3, -0.25) is 0 Å². The maximum atomic E-state index is 13.0. The van der Waals surface area contributed by atoms with Crippen molar-refractivity contribution < 1.29 is 9.50 Å². The van der Waals surface area contributed by atoms with Crippen LogP contribution < -0.4 is 5.73 Å². The Kier molecular flexibility index (Phi) is 3.34. The second-order valence-corrected chi connectivity index (χ2v) is 4.00. The average molecular weight is 218 g/mol. The van der Waals surface area contributed by atoms with Gasteiger partial charge in [0, 0.05) is 11.6 Å². The molecular formula is C10H13ClFNO. The van der Waals surface area contributed by atoms with Crippen molar-refractivity contribution in [2.75, 3.05) is 0 Å². The summed E-state index contributed by atoms with van der Waals surface area (Å²) in [6.45, 7) is 3.78. The third-order valence-corrected chi connectivity index (χ3v) is 2.42. The molecule has 0 aliphatic heterocycles. The third kappa shape index (κ3) is 2.16. The molecule has 1 aromatic carbocycles. The second-order valence-electron chi connectivity index (χ2n) is 3.60. The van der Waals surface area contributed by atoms with Crippen molar-refractivity contribution >= 4 is 11.6 Å². The number of phenolic OH excluding ortho intramolecular Hbond substituents is 1. The van der Waals surface area contributed by atoms with Crippen LogP contribution in [-0.4, -0.2) is 5.11 Å². The first kappa shape index (κ1) is 11.3. The van der Waals surface area contributed by atoms with Gasteiger partial charge in [-0.2, -0.15) is 0 Å². The number of hydrogen-bond donors (Lipinski definition) is 2. The summed E-state index contributed by atoms with van der Waals surface area (Å²) in [5, 5.41) is 9.56. The third-order valence-electron chi connectivity index (χ3n) is 2.14. The molecule has 1 atom stereocenters. The van der Waals surface area contributed by atoms with Gasteiger partial charge in [0.05, 0.1) is 5.02 Å². The minimum atomic E-state index is -0.487. The van der Waals surface area contributed by atoms with Crippen LogP contribution in [0.3, 0.4) is 0 Å². The van der Waals surface area contributed by atoms with E-state index in [-0.39, 0.29) is 16.7 Å². The molecule has 0 spiro atoms. The van der Waals surface area contributed by atoms with E-state index in [1.54, 1.807) is 0 Å². The number of hydrogen-bond acceptors (Lipinski definition) is 2. The predicted octanol–water partition coefficient (Wildman–Crippen LogP) is 2.84. The lowest BCUT2D eigenvalue weighted by Gasteiger charge is -2.17. The molecule has 0 saturated carbocycles. The predicted molar refractivity (Wildman–Crippen MR) is 54.8 cm³/mol. The standard InChI is InChI=1S/C10H13ClFNO/c1-5(2)9(13)7-3-6(12)4-8(11)10(7)14/h3-5,9,14H,13H2,1-2H3. The van der Waals surface area contributed by atoms with Crippen molar-refractivity contribution in [2.45, 2.75) is 19.9 Å². The van der Waals surface area contributed by atoms with E-state index < -0.39 is 11.9 Å². The molecule has 0 heterocycles. The molecule has 0 amide bonds. The molecule has 78 valence electrons. The van der Waals surface area contributed by atoms with Crippen LogP contribution in [-0.2, 0) is 0 Å². The van der Waals surface area contributed by atoms with E-state index in [0.29, 0.717) is 5.56 Å². The fourth-order valence-corrected chi connectivity index (χ4v) is 1.41.